The third-order valence-electron chi connectivity index (χ3n) is 4.76. The van der Waals surface area contributed by atoms with Crippen molar-refractivity contribution in [1.29, 1.82) is 0 Å². The van der Waals surface area contributed by atoms with Crippen molar-refractivity contribution >= 4 is 34.6 Å². The molecule has 1 heterocycles. The number of nitrogens with one attached hydrogen (secondary N) is 1. The molecule has 3 aromatic carbocycles. The molecule has 0 aliphatic carbocycles. The molecule has 1 unspecified atom stereocenters. The quantitative estimate of drug-likeness (QED) is 0.450. The van der Waals surface area contributed by atoms with Gasteiger partial charge in [-0.15, -0.1) is 0 Å². The van der Waals surface area contributed by atoms with Crippen LogP contribution in [0.5, 0.6) is 0 Å². The van der Waals surface area contributed by atoms with Gasteiger partial charge in [0, 0.05) is 11.3 Å². The number of amides is 2. The number of ether oxygens (including phenoxy) is 1. The summed E-state index contributed by atoms with van der Waals surface area (Å²) in [7, 11) is 0. The van der Waals surface area contributed by atoms with Gasteiger partial charge in [0.15, 0.2) is 11.7 Å². The lowest BCUT2D eigenvalue weighted by Gasteiger charge is -2.14. The molecule has 32 heavy (non-hydrogen) atoms. The summed E-state index contributed by atoms with van der Waals surface area (Å²) < 4.78 is 11.1. The molecule has 160 valence electrons. The zero-order valence-corrected chi connectivity index (χ0v) is 17.1. The summed E-state index contributed by atoms with van der Waals surface area (Å²) in [5.74, 6) is -1.49. The first-order chi connectivity index (χ1) is 15.4. The minimum absolute atomic E-state index is 0.226. The van der Waals surface area contributed by atoms with Gasteiger partial charge in [-0.25, -0.2) is 9.78 Å². The molecule has 8 heteroatoms. The van der Waals surface area contributed by atoms with Crippen molar-refractivity contribution in [1.82, 2.24) is 4.98 Å². The van der Waals surface area contributed by atoms with Gasteiger partial charge in [-0.1, -0.05) is 24.3 Å². The standard InChI is InChI=1S/C24H19N3O5/c1-14(22(29)26-16-12-10-15(11-13-16)21(25)28)31-24(30)18-7-3-2-6-17(18)23-27-19-8-4-5-9-20(19)32-23/h2-14H,1H3,(H2,25,28)(H,26,29). The largest absolute Gasteiger partial charge is 0.449 e. The summed E-state index contributed by atoms with van der Waals surface area (Å²) in [4.78, 5) is 40.9. The number of hydrogen-bond donors (Lipinski definition) is 2. The van der Waals surface area contributed by atoms with E-state index in [2.05, 4.69) is 10.3 Å². The van der Waals surface area contributed by atoms with Crippen molar-refractivity contribution in [2.45, 2.75) is 13.0 Å². The van der Waals surface area contributed by atoms with Crippen LogP contribution >= 0.6 is 0 Å². The number of nitrogens with two attached hydrogens (primary N) is 1. The van der Waals surface area contributed by atoms with Crippen molar-refractivity contribution in [2.75, 3.05) is 5.32 Å². The Morgan fingerprint density at radius 1 is 0.969 bits per heavy atom. The maximum atomic E-state index is 12.8. The van der Waals surface area contributed by atoms with Crippen molar-refractivity contribution < 1.29 is 23.5 Å². The number of para-hydroxylation sites is 2. The summed E-state index contributed by atoms with van der Waals surface area (Å²) in [6.07, 6.45) is -1.07. The van der Waals surface area contributed by atoms with Crippen LogP contribution in [0.4, 0.5) is 5.69 Å². The minimum Gasteiger partial charge on any atom is -0.449 e. The summed E-state index contributed by atoms with van der Waals surface area (Å²) in [6.45, 7) is 1.47. The molecule has 1 atom stereocenters. The molecule has 4 aromatic rings. The van der Waals surface area contributed by atoms with Crippen LogP contribution in [0.2, 0.25) is 0 Å². The highest BCUT2D eigenvalue weighted by molar-refractivity contribution is 6.00. The molecule has 0 fully saturated rings. The molecular weight excluding hydrogens is 410 g/mol. The topological polar surface area (TPSA) is 125 Å². The molecule has 0 aliphatic heterocycles. The lowest BCUT2D eigenvalue weighted by Crippen LogP contribution is -2.30. The smallest absolute Gasteiger partial charge is 0.339 e. The molecule has 0 aliphatic rings. The molecule has 4 rings (SSSR count). The summed E-state index contributed by atoms with van der Waals surface area (Å²) >= 11 is 0. The van der Waals surface area contributed by atoms with E-state index in [0.29, 0.717) is 27.9 Å². The first-order valence-corrected chi connectivity index (χ1v) is 9.79. The van der Waals surface area contributed by atoms with Gasteiger partial charge >= 0.3 is 5.97 Å². The third kappa shape index (κ3) is 4.34. The molecule has 0 radical (unpaired) electrons. The van der Waals surface area contributed by atoms with E-state index in [4.69, 9.17) is 14.9 Å². The van der Waals surface area contributed by atoms with Crippen LogP contribution < -0.4 is 11.1 Å². The van der Waals surface area contributed by atoms with Gasteiger partial charge < -0.3 is 20.2 Å². The molecule has 2 amide bonds. The Balaban J connectivity index is 1.49. The predicted octanol–water partition coefficient (Wildman–Crippen LogP) is 3.78. The lowest BCUT2D eigenvalue weighted by atomic mass is 10.1. The van der Waals surface area contributed by atoms with Crippen LogP contribution in [0.25, 0.3) is 22.6 Å². The zero-order valence-electron chi connectivity index (χ0n) is 17.1. The van der Waals surface area contributed by atoms with Gasteiger partial charge in [-0.3, -0.25) is 9.59 Å². The highest BCUT2D eigenvalue weighted by Gasteiger charge is 2.23. The van der Waals surface area contributed by atoms with E-state index in [1.54, 1.807) is 30.3 Å². The van der Waals surface area contributed by atoms with Gasteiger partial charge in [0.2, 0.25) is 11.8 Å². The second kappa shape index (κ2) is 8.73. The molecule has 0 bridgehead atoms. The van der Waals surface area contributed by atoms with Crippen molar-refractivity contribution in [3.8, 4) is 11.5 Å². The number of primary amides is 1. The maximum absolute atomic E-state index is 12.8. The fourth-order valence-electron chi connectivity index (χ4n) is 3.07. The monoisotopic (exact) mass is 429 g/mol. The van der Waals surface area contributed by atoms with E-state index in [0.717, 1.165) is 0 Å². The van der Waals surface area contributed by atoms with E-state index in [9.17, 15) is 14.4 Å². The second-order valence-corrected chi connectivity index (χ2v) is 7.01. The van der Waals surface area contributed by atoms with Gasteiger partial charge in [-0.2, -0.15) is 0 Å². The number of rotatable bonds is 6. The molecular formula is C24H19N3O5. The van der Waals surface area contributed by atoms with Crippen LogP contribution in [0.3, 0.4) is 0 Å². The van der Waals surface area contributed by atoms with Gasteiger partial charge in [-0.05, 0) is 55.5 Å². The van der Waals surface area contributed by atoms with E-state index in [1.165, 1.54) is 31.2 Å². The molecule has 3 N–H and O–H groups in total. The van der Waals surface area contributed by atoms with E-state index in [1.807, 2.05) is 18.2 Å². The first-order valence-electron chi connectivity index (χ1n) is 9.79. The average Bonchev–Trinajstić information content (AvgIpc) is 3.23. The van der Waals surface area contributed by atoms with Gasteiger partial charge in [0.25, 0.3) is 5.91 Å². The van der Waals surface area contributed by atoms with Crippen LogP contribution in [-0.4, -0.2) is 28.9 Å². The number of anilines is 1. The molecule has 1 aromatic heterocycles. The number of nitrogens with zero attached hydrogens (tertiary/aromatic N) is 1. The van der Waals surface area contributed by atoms with Crippen LogP contribution in [-0.2, 0) is 9.53 Å². The maximum Gasteiger partial charge on any atom is 0.339 e. The number of esters is 1. The summed E-state index contributed by atoms with van der Waals surface area (Å²) in [6, 6.07) is 20.1. The Hall–Kier alpha value is -4.46. The minimum atomic E-state index is -1.07. The average molecular weight is 429 g/mol. The zero-order chi connectivity index (χ0) is 22.7. The first kappa shape index (κ1) is 20.8. The highest BCUT2D eigenvalue weighted by atomic mass is 16.5. The van der Waals surface area contributed by atoms with Crippen molar-refractivity contribution in [3.63, 3.8) is 0 Å². The third-order valence-corrected chi connectivity index (χ3v) is 4.76. The number of benzene rings is 3. The Bertz CT molecular complexity index is 1280. The number of hydrogen-bond acceptors (Lipinski definition) is 6. The number of aromatic nitrogens is 1. The number of carbonyl (C=O) groups excluding carboxylic acids is 3. The molecule has 0 saturated heterocycles. The number of fused-ring (bicyclic) bond motifs is 1. The Labute approximate surface area is 183 Å². The van der Waals surface area contributed by atoms with E-state index < -0.39 is 23.9 Å². The Morgan fingerprint density at radius 2 is 1.66 bits per heavy atom. The second-order valence-electron chi connectivity index (χ2n) is 7.01. The fourth-order valence-corrected chi connectivity index (χ4v) is 3.07. The van der Waals surface area contributed by atoms with Crippen LogP contribution in [0.15, 0.2) is 77.2 Å². The van der Waals surface area contributed by atoms with Gasteiger partial charge in [0.1, 0.15) is 5.52 Å². The normalized spacial score (nSPS) is 11.7. The lowest BCUT2D eigenvalue weighted by molar-refractivity contribution is -0.123. The molecule has 0 spiro atoms. The predicted molar refractivity (Wildman–Crippen MR) is 118 cm³/mol. The Morgan fingerprint density at radius 3 is 2.38 bits per heavy atom. The molecule has 0 saturated carbocycles. The number of oxazole rings is 1. The summed E-state index contributed by atoms with van der Waals surface area (Å²) in [5.41, 5.74) is 7.92. The highest BCUT2D eigenvalue weighted by Crippen LogP contribution is 2.27. The van der Waals surface area contributed by atoms with Crippen LogP contribution in [0, 0.1) is 0 Å². The van der Waals surface area contributed by atoms with Gasteiger partial charge in [0.05, 0.1) is 11.1 Å². The van der Waals surface area contributed by atoms with Crippen molar-refractivity contribution in [3.05, 3.63) is 83.9 Å². The fraction of sp³-hybridized carbons (Fsp3) is 0.0833. The number of carbonyl (C=O) groups is 3. The SMILES string of the molecule is CC(OC(=O)c1ccccc1-c1nc2ccccc2o1)C(=O)Nc1ccc(C(N)=O)cc1. The summed E-state index contributed by atoms with van der Waals surface area (Å²) in [5, 5.41) is 2.63. The van der Waals surface area contributed by atoms with E-state index >= 15 is 0 Å². The molecule has 8 nitrogen and oxygen atoms in total. The van der Waals surface area contributed by atoms with Crippen molar-refractivity contribution in [2.24, 2.45) is 5.73 Å². The Kier molecular flexibility index (Phi) is 5.67. The van der Waals surface area contributed by atoms with E-state index in [-0.39, 0.29) is 11.5 Å². The van der Waals surface area contributed by atoms with Crippen LogP contribution in [0.1, 0.15) is 27.6 Å².